The predicted octanol–water partition coefficient (Wildman–Crippen LogP) is 3.74. The van der Waals surface area contributed by atoms with Crippen molar-refractivity contribution in [2.75, 3.05) is 13.2 Å². The number of benzene rings is 1. The van der Waals surface area contributed by atoms with Gasteiger partial charge in [-0.1, -0.05) is 24.2 Å². The molecule has 2 aromatic rings. The molecule has 1 aliphatic carbocycles. The summed E-state index contributed by atoms with van der Waals surface area (Å²) in [6.45, 7) is 5.18. The number of carbonyl (C=O) groups is 1. The second kappa shape index (κ2) is 11.5. The number of nitrogens with zero attached hydrogens (tertiary/aromatic N) is 3. The summed E-state index contributed by atoms with van der Waals surface area (Å²) in [4.78, 5) is 17.7. The second-order valence-electron chi connectivity index (χ2n) is 8.64. The van der Waals surface area contributed by atoms with Crippen LogP contribution in [0.4, 0.5) is 8.78 Å². The van der Waals surface area contributed by atoms with E-state index in [0.717, 1.165) is 25.1 Å². The van der Waals surface area contributed by atoms with Gasteiger partial charge in [0, 0.05) is 44.3 Å². The number of halogens is 3. The lowest BCUT2D eigenvalue weighted by atomic mass is 9.97. The molecule has 8 nitrogen and oxygen atoms in total. The lowest BCUT2D eigenvalue weighted by Crippen LogP contribution is -2.34. The van der Waals surface area contributed by atoms with Crippen molar-refractivity contribution in [1.82, 2.24) is 20.4 Å². The molecule has 1 atom stereocenters. The number of rotatable bonds is 7. The number of aromatic nitrogens is 2. The summed E-state index contributed by atoms with van der Waals surface area (Å²) in [7, 11) is 1.72. The summed E-state index contributed by atoms with van der Waals surface area (Å²) < 4.78 is 36.1. The van der Waals surface area contributed by atoms with Gasteiger partial charge in [-0.25, -0.2) is 13.8 Å². The van der Waals surface area contributed by atoms with Crippen molar-refractivity contribution in [3.8, 4) is 0 Å². The molecule has 194 valence electrons. The zero-order valence-electron chi connectivity index (χ0n) is 20.2. The highest BCUT2D eigenvalue weighted by molar-refractivity contribution is 6.30. The monoisotopic (exact) mass is 528 g/mol. The zero-order chi connectivity index (χ0) is 26.5. The van der Waals surface area contributed by atoms with Crippen LogP contribution in [0.15, 0.2) is 83.2 Å². The maximum absolute atomic E-state index is 15.0. The molecule has 4 N–H and O–H groups in total. The molecule has 2 aliphatic rings. The van der Waals surface area contributed by atoms with Crippen LogP contribution in [0.1, 0.15) is 30.1 Å². The van der Waals surface area contributed by atoms with Gasteiger partial charge in [0.15, 0.2) is 0 Å². The van der Waals surface area contributed by atoms with Crippen LogP contribution in [0.5, 0.6) is 0 Å². The highest BCUT2D eigenvalue weighted by Gasteiger charge is 2.26. The number of allylic oxidation sites excluding steroid dienone is 3. The summed E-state index contributed by atoms with van der Waals surface area (Å²) >= 11 is 5.84. The summed E-state index contributed by atoms with van der Waals surface area (Å²) in [5.74, 6) is -1.66. The van der Waals surface area contributed by atoms with Gasteiger partial charge in [0.2, 0.25) is 0 Å². The first-order chi connectivity index (χ1) is 17.7. The van der Waals surface area contributed by atoms with Gasteiger partial charge in [-0.15, -0.1) is 0 Å². The molecule has 0 saturated carbocycles. The van der Waals surface area contributed by atoms with E-state index >= 15 is 0 Å². The number of hydrogen-bond donors (Lipinski definition) is 3. The molecular weight excluding hydrogens is 502 g/mol. The van der Waals surface area contributed by atoms with Gasteiger partial charge < -0.3 is 21.1 Å². The maximum Gasteiger partial charge on any atom is 0.252 e. The van der Waals surface area contributed by atoms with Crippen molar-refractivity contribution >= 4 is 23.2 Å². The Morgan fingerprint density at radius 3 is 2.73 bits per heavy atom. The Morgan fingerprint density at radius 2 is 2.08 bits per heavy atom. The number of hydrogen-bond acceptors (Lipinski definition) is 6. The fraction of sp³-hybridized carbons (Fsp3) is 0.269. The number of amides is 1. The molecule has 37 heavy (non-hydrogen) atoms. The van der Waals surface area contributed by atoms with E-state index < -0.39 is 23.6 Å². The van der Waals surface area contributed by atoms with Gasteiger partial charge in [0.1, 0.15) is 17.5 Å². The Kier molecular flexibility index (Phi) is 8.20. The molecule has 0 spiro atoms. The molecule has 1 aliphatic heterocycles. The third kappa shape index (κ3) is 6.33. The lowest BCUT2D eigenvalue weighted by molar-refractivity contribution is -0.117. The summed E-state index contributed by atoms with van der Waals surface area (Å²) in [5, 5.41) is 10.3. The van der Waals surface area contributed by atoms with Crippen molar-refractivity contribution in [2.24, 2.45) is 17.8 Å². The summed E-state index contributed by atoms with van der Waals surface area (Å²) in [5.41, 5.74) is 6.70. The average molecular weight is 529 g/mol. The molecule has 1 aromatic heterocycles. The first-order valence-corrected chi connectivity index (χ1v) is 12.0. The van der Waals surface area contributed by atoms with Crippen LogP contribution in [-0.4, -0.2) is 40.7 Å². The van der Waals surface area contributed by atoms with Crippen LogP contribution in [0.25, 0.3) is 0 Å². The van der Waals surface area contributed by atoms with E-state index in [2.05, 4.69) is 27.3 Å². The average Bonchev–Trinajstić information content (AvgIpc) is 3.30. The molecule has 1 fully saturated rings. The fourth-order valence-electron chi connectivity index (χ4n) is 4.07. The largest absolute Gasteiger partial charge is 0.404 e. The highest BCUT2D eigenvalue weighted by atomic mass is 35.5. The van der Waals surface area contributed by atoms with E-state index in [1.807, 2.05) is 0 Å². The van der Waals surface area contributed by atoms with Crippen LogP contribution in [-0.2, 0) is 16.6 Å². The zero-order valence-corrected chi connectivity index (χ0v) is 20.9. The summed E-state index contributed by atoms with van der Waals surface area (Å²) in [6, 6.07) is 5.21. The molecule has 1 amide bonds. The van der Waals surface area contributed by atoms with Gasteiger partial charge in [0.25, 0.3) is 5.91 Å². The van der Waals surface area contributed by atoms with Crippen molar-refractivity contribution in [3.05, 3.63) is 100 Å². The Morgan fingerprint density at radius 1 is 1.32 bits per heavy atom. The Hall–Kier alpha value is -3.76. The van der Waals surface area contributed by atoms with Crippen LogP contribution in [0.3, 0.4) is 0 Å². The molecule has 0 radical (unpaired) electrons. The van der Waals surface area contributed by atoms with Crippen LogP contribution in [0.2, 0.25) is 5.02 Å². The van der Waals surface area contributed by atoms with E-state index in [1.165, 1.54) is 18.2 Å². The first-order valence-electron chi connectivity index (χ1n) is 11.6. The predicted molar refractivity (Wildman–Crippen MR) is 138 cm³/mol. The minimum absolute atomic E-state index is 0.00363. The third-order valence-electron chi connectivity index (χ3n) is 5.97. The van der Waals surface area contributed by atoms with Crippen LogP contribution >= 0.6 is 11.6 Å². The molecule has 11 heteroatoms. The van der Waals surface area contributed by atoms with Gasteiger partial charge in [-0.3, -0.25) is 9.48 Å². The van der Waals surface area contributed by atoms with Crippen molar-refractivity contribution < 1.29 is 18.3 Å². The molecule has 2 heterocycles. The molecule has 0 unspecified atom stereocenters. The molecule has 1 saturated heterocycles. The number of nitrogens with one attached hydrogen (secondary N) is 2. The standard InChI is InChI=1S/C26H27ClF2N6O2/c1-15(31-18-6-9-37-10-7-18)32-24-13-17(12-21(28)19(24)14-30)26(36)33-25(23-5-8-35(2)34-23)16-3-4-20(27)22(29)11-16/h3-5,8,11-14,18,25,31H,1,6-7,9-10,30H2,2H3,(H,33,36)/b19-14-,32-24-/t25-/m0/s1. The van der Waals surface area contributed by atoms with E-state index in [4.69, 9.17) is 22.1 Å². The van der Waals surface area contributed by atoms with E-state index in [0.29, 0.717) is 30.3 Å². The number of aliphatic imine (C=N–C) groups is 1. The second-order valence-corrected chi connectivity index (χ2v) is 9.05. The molecule has 0 bridgehead atoms. The minimum Gasteiger partial charge on any atom is -0.404 e. The SMILES string of the molecule is C=C(/N=C1/C=C(C(=O)N[C@@H](c2ccc(Cl)c(F)c2)c2ccn(C)n2)C=C(F)/C1=C/N)NC1CCOCC1. The van der Waals surface area contributed by atoms with E-state index in [9.17, 15) is 13.6 Å². The highest BCUT2D eigenvalue weighted by Crippen LogP contribution is 2.27. The van der Waals surface area contributed by atoms with Crippen molar-refractivity contribution in [2.45, 2.75) is 24.9 Å². The molecule has 4 rings (SSSR count). The van der Waals surface area contributed by atoms with Crippen LogP contribution in [0, 0.1) is 5.82 Å². The van der Waals surface area contributed by atoms with Crippen molar-refractivity contribution in [3.63, 3.8) is 0 Å². The number of carbonyl (C=O) groups excluding carboxylic acids is 1. The minimum atomic E-state index is -0.824. The molecule has 1 aromatic carbocycles. The van der Waals surface area contributed by atoms with Crippen LogP contribution < -0.4 is 16.4 Å². The Bertz CT molecular complexity index is 1320. The normalized spacial score (nSPS) is 19.4. The van der Waals surface area contributed by atoms with Gasteiger partial charge in [-0.2, -0.15) is 5.10 Å². The molecular formula is C26H27ClF2N6O2. The smallest absolute Gasteiger partial charge is 0.252 e. The third-order valence-corrected chi connectivity index (χ3v) is 6.27. The van der Waals surface area contributed by atoms with E-state index in [1.54, 1.807) is 30.1 Å². The fourth-order valence-corrected chi connectivity index (χ4v) is 4.19. The first kappa shape index (κ1) is 26.3. The van der Waals surface area contributed by atoms with E-state index in [-0.39, 0.29) is 27.9 Å². The van der Waals surface area contributed by atoms with Gasteiger partial charge >= 0.3 is 0 Å². The van der Waals surface area contributed by atoms with Gasteiger partial charge in [-0.05, 0) is 48.8 Å². The van der Waals surface area contributed by atoms with Crippen molar-refractivity contribution in [1.29, 1.82) is 0 Å². The maximum atomic E-state index is 15.0. The number of aryl methyl sites for hydroxylation is 1. The van der Waals surface area contributed by atoms with Gasteiger partial charge in [0.05, 0.1) is 28.0 Å². The Labute approximate surface area is 218 Å². The Balaban J connectivity index is 1.61. The lowest BCUT2D eigenvalue weighted by Gasteiger charge is -2.24. The number of nitrogens with two attached hydrogens (primary N) is 1. The quantitative estimate of drug-likeness (QED) is 0.507. The topological polar surface area (TPSA) is 107 Å². The summed E-state index contributed by atoms with van der Waals surface area (Å²) in [6.07, 6.45) is 6.86. The number of ether oxygens (including phenoxy) is 1.